The SMILES string of the molecule is Cc1c(-c2cccc(N(Cl)C(=O)c3nc4c(n3C)CN(C(=O)OC(C)(C)C)C4)c2)cccc1-c1nc2cc(CO)cc(C#N)c2o1. The maximum atomic E-state index is 13.6. The molecule has 46 heavy (non-hydrogen) atoms. The smallest absolute Gasteiger partial charge is 0.410 e. The molecule has 0 radical (unpaired) electrons. The average Bonchev–Trinajstić information content (AvgIpc) is 3.73. The molecular weight excluding hydrogens is 608 g/mol. The van der Waals surface area contributed by atoms with E-state index in [0.717, 1.165) is 32.4 Å². The van der Waals surface area contributed by atoms with Gasteiger partial charge in [-0.05, 0) is 80.3 Å². The van der Waals surface area contributed by atoms with Gasteiger partial charge in [-0.2, -0.15) is 5.26 Å². The summed E-state index contributed by atoms with van der Waals surface area (Å²) in [5.41, 5.74) is 6.19. The van der Waals surface area contributed by atoms with Crippen LogP contribution in [-0.4, -0.2) is 42.1 Å². The fourth-order valence-electron chi connectivity index (χ4n) is 5.54. The van der Waals surface area contributed by atoms with Gasteiger partial charge in [0, 0.05) is 24.4 Å². The third-order valence-corrected chi connectivity index (χ3v) is 8.15. The summed E-state index contributed by atoms with van der Waals surface area (Å²) >= 11 is 6.64. The molecule has 0 bridgehead atoms. The Kier molecular flexibility index (Phi) is 7.80. The lowest BCUT2D eigenvalue weighted by atomic mass is 9.96. The van der Waals surface area contributed by atoms with Crippen LogP contribution >= 0.6 is 11.8 Å². The molecule has 0 saturated heterocycles. The van der Waals surface area contributed by atoms with Crippen molar-refractivity contribution in [1.29, 1.82) is 5.26 Å². The van der Waals surface area contributed by atoms with Crippen LogP contribution in [0.2, 0.25) is 0 Å². The molecule has 1 aliphatic heterocycles. The summed E-state index contributed by atoms with van der Waals surface area (Å²) in [4.78, 5) is 36.8. The third-order valence-electron chi connectivity index (χ3n) is 7.80. The maximum absolute atomic E-state index is 13.6. The van der Waals surface area contributed by atoms with Crippen LogP contribution in [0.25, 0.3) is 33.7 Å². The molecule has 1 N–H and O–H groups in total. The van der Waals surface area contributed by atoms with E-state index in [1.165, 1.54) is 0 Å². The molecule has 0 spiro atoms. The minimum atomic E-state index is -0.620. The number of oxazole rings is 1. The van der Waals surface area contributed by atoms with Crippen molar-refractivity contribution in [2.24, 2.45) is 7.05 Å². The highest BCUT2D eigenvalue weighted by Gasteiger charge is 2.34. The van der Waals surface area contributed by atoms with E-state index in [1.54, 1.807) is 34.7 Å². The standard InChI is InChI=1S/C34H31ClN6O5/c1-19-24(10-7-11-25(19)31-38-26-13-20(18-42)12-22(15-36)29(26)45-31)21-8-6-9-23(14-21)41(35)32(43)30-37-27-16-40(17-28(27)39(30)5)33(44)46-34(2,3)4/h6-14,42H,16-18H2,1-5H3. The minimum Gasteiger partial charge on any atom is -0.444 e. The first kappa shape index (κ1) is 30.8. The Morgan fingerprint density at radius 2 is 1.85 bits per heavy atom. The maximum Gasteiger partial charge on any atom is 0.410 e. The van der Waals surface area contributed by atoms with Gasteiger partial charge in [-0.3, -0.25) is 9.69 Å². The second-order valence-electron chi connectivity index (χ2n) is 12.1. The number of benzene rings is 3. The number of aliphatic hydroxyl groups excluding tert-OH is 1. The van der Waals surface area contributed by atoms with Gasteiger partial charge in [0.1, 0.15) is 17.2 Å². The number of halogens is 1. The predicted octanol–water partition coefficient (Wildman–Crippen LogP) is 6.62. The molecule has 11 nitrogen and oxygen atoms in total. The molecule has 1 aliphatic rings. The van der Waals surface area contributed by atoms with E-state index in [1.807, 2.05) is 64.1 Å². The van der Waals surface area contributed by atoms with Crippen LogP contribution in [0.5, 0.6) is 0 Å². The number of nitrogens with zero attached hydrogens (tertiary/aromatic N) is 6. The number of carbonyl (C=O) groups excluding carboxylic acids is 2. The van der Waals surface area contributed by atoms with Gasteiger partial charge in [0.15, 0.2) is 5.58 Å². The normalized spacial score (nSPS) is 12.7. The Morgan fingerprint density at radius 1 is 1.11 bits per heavy atom. The molecule has 0 fully saturated rings. The number of ether oxygens (including phenoxy) is 1. The molecule has 0 aliphatic carbocycles. The summed E-state index contributed by atoms with van der Waals surface area (Å²) in [7, 11) is 1.73. The van der Waals surface area contributed by atoms with Crippen molar-refractivity contribution in [1.82, 2.24) is 19.4 Å². The average molecular weight is 639 g/mol. The van der Waals surface area contributed by atoms with Gasteiger partial charge in [-0.15, -0.1) is 0 Å². The van der Waals surface area contributed by atoms with Crippen LogP contribution in [0.15, 0.2) is 59.0 Å². The Hall–Kier alpha value is -5.18. The molecular formula is C34H31ClN6O5. The molecule has 0 unspecified atom stereocenters. The largest absolute Gasteiger partial charge is 0.444 e. The molecule has 12 heteroatoms. The van der Waals surface area contributed by atoms with Crippen LogP contribution in [0, 0.1) is 18.3 Å². The zero-order valence-electron chi connectivity index (χ0n) is 26.0. The molecule has 3 aromatic carbocycles. The van der Waals surface area contributed by atoms with Crippen molar-refractivity contribution >= 4 is 40.6 Å². The fourth-order valence-corrected chi connectivity index (χ4v) is 5.72. The van der Waals surface area contributed by atoms with Crippen LogP contribution in [0.3, 0.4) is 0 Å². The van der Waals surface area contributed by atoms with Crippen LogP contribution in [-0.2, 0) is 31.5 Å². The quantitative estimate of drug-likeness (QED) is 0.212. The number of anilines is 1. The molecule has 0 atom stereocenters. The Morgan fingerprint density at radius 3 is 2.54 bits per heavy atom. The highest BCUT2D eigenvalue weighted by Crippen LogP contribution is 2.36. The number of aromatic nitrogens is 3. The van der Waals surface area contributed by atoms with Crippen molar-refractivity contribution in [2.45, 2.75) is 53.0 Å². The fraction of sp³-hybridized carbons (Fsp3) is 0.265. The summed E-state index contributed by atoms with van der Waals surface area (Å²) in [6, 6.07) is 18.4. The lowest BCUT2D eigenvalue weighted by Crippen LogP contribution is -2.34. The number of amides is 2. The van der Waals surface area contributed by atoms with Crippen LogP contribution in [0.1, 0.15) is 59.5 Å². The van der Waals surface area contributed by atoms with E-state index in [0.29, 0.717) is 39.5 Å². The Labute approximate surface area is 270 Å². The van der Waals surface area contributed by atoms with Crippen molar-refractivity contribution in [2.75, 3.05) is 4.42 Å². The van der Waals surface area contributed by atoms with Crippen molar-refractivity contribution in [3.8, 4) is 28.7 Å². The topological polar surface area (TPSA) is 138 Å². The lowest BCUT2D eigenvalue weighted by molar-refractivity contribution is 0.0237. The number of fused-ring (bicyclic) bond motifs is 2. The highest BCUT2D eigenvalue weighted by atomic mass is 35.5. The molecule has 3 heterocycles. The molecule has 6 rings (SSSR count). The molecule has 5 aromatic rings. The first-order valence-corrected chi connectivity index (χ1v) is 14.9. The van der Waals surface area contributed by atoms with Gasteiger partial charge in [0.05, 0.1) is 42.3 Å². The van der Waals surface area contributed by atoms with E-state index < -0.39 is 17.6 Å². The predicted molar refractivity (Wildman–Crippen MR) is 172 cm³/mol. The Balaban J connectivity index is 1.26. The third kappa shape index (κ3) is 5.57. The number of rotatable bonds is 5. The number of nitriles is 1. The molecule has 2 amide bonds. The first-order chi connectivity index (χ1) is 21.9. The van der Waals surface area contributed by atoms with E-state index in [-0.39, 0.29) is 25.5 Å². The van der Waals surface area contributed by atoms with E-state index in [9.17, 15) is 20.0 Å². The summed E-state index contributed by atoms with van der Waals surface area (Å²) in [6.07, 6.45) is -0.438. The number of hydrogen-bond donors (Lipinski definition) is 1. The van der Waals surface area contributed by atoms with Crippen LogP contribution in [0.4, 0.5) is 10.5 Å². The zero-order chi connectivity index (χ0) is 32.9. The summed E-state index contributed by atoms with van der Waals surface area (Å²) < 4.78 is 14.2. The minimum absolute atomic E-state index is 0.157. The van der Waals surface area contributed by atoms with Crippen LogP contribution < -0.4 is 4.42 Å². The van der Waals surface area contributed by atoms with E-state index in [4.69, 9.17) is 20.9 Å². The lowest BCUT2D eigenvalue weighted by Gasteiger charge is -2.24. The van der Waals surface area contributed by atoms with Crippen molar-refractivity contribution in [3.05, 3.63) is 88.5 Å². The number of aliphatic hydroxyl groups is 1. The van der Waals surface area contributed by atoms with Gasteiger partial charge >= 0.3 is 12.0 Å². The van der Waals surface area contributed by atoms with Gasteiger partial charge in [-0.1, -0.05) is 24.3 Å². The molecule has 0 saturated carbocycles. The summed E-state index contributed by atoms with van der Waals surface area (Å²) in [6.45, 7) is 7.66. The summed E-state index contributed by atoms with van der Waals surface area (Å²) in [5.74, 6) is -0.00388. The van der Waals surface area contributed by atoms with Gasteiger partial charge in [-0.25, -0.2) is 19.2 Å². The number of imidazole rings is 1. The summed E-state index contributed by atoms with van der Waals surface area (Å²) in [5, 5.41) is 19.2. The van der Waals surface area contributed by atoms with E-state index >= 15 is 0 Å². The first-order valence-electron chi connectivity index (χ1n) is 14.6. The van der Waals surface area contributed by atoms with Crippen molar-refractivity contribution in [3.63, 3.8) is 0 Å². The van der Waals surface area contributed by atoms with Gasteiger partial charge < -0.3 is 18.8 Å². The second-order valence-corrected chi connectivity index (χ2v) is 12.5. The highest BCUT2D eigenvalue weighted by molar-refractivity contribution is 6.38. The molecule has 234 valence electrons. The van der Waals surface area contributed by atoms with Gasteiger partial charge in [0.2, 0.25) is 11.7 Å². The van der Waals surface area contributed by atoms with Crippen molar-refractivity contribution < 1.29 is 23.8 Å². The number of hydrogen-bond acceptors (Lipinski definition) is 8. The monoisotopic (exact) mass is 638 g/mol. The molecule has 2 aromatic heterocycles. The van der Waals surface area contributed by atoms with E-state index in [2.05, 4.69) is 16.0 Å². The second kappa shape index (κ2) is 11.6. The van der Waals surface area contributed by atoms with Gasteiger partial charge in [0.25, 0.3) is 0 Å². The zero-order valence-corrected chi connectivity index (χ0v) is 26.7. The number of carbonyl (C=O) groups is 2. The Bertz CT molecular complexity index is 2070.